The molecule has 1 saturated heterocycles. The van der Waals surface area contributed by atoms with Crippen LogP contribution in [0, 0.1) is 0 Å². The van der Waals surface area contributed by atoms with Gasteiger partial charge in [-0.05, 0) is 47.2 Å². The first-order valence-corrected chi connectivity index (χ1v) is 11.7. The predicted molar refractivity (Wildman–Crippen MR) is 125 cm³/mol. The minimum atomic E-state index is -4.34. The highest BCUT2D eigenvalue weighted by Crippen LogP contribution is 2.42. The first kappa shape index (κ1) is 22.7. The highest BCUT2D eigenvalue weighted by atomic mass is 19.4. The Hall–Kier alpha value is -3.12. The molecular formula is C28H27F3N2O. The van der Waals surface area contributed by atoms with Gasteiger partial charge >= 0.3 is 6.18 Å². The Morgan fingerprint density at radius 3 is 2.06 bits per heavy atom. The minimum absolute atomic E-state index is 0.0988. The maximum absolute atomic E-state index is 13.8. The zero-order chi connectivity index (χ0) is 23.8. The van der Waals surface area contributed by atoms with Gasteiger partial charge in [0.15, 0.2) is 0 Å². The van der Waals surface area contributed by atoms with Crippen molar-refractivity contribution in [1.82, 2.24) is 9.80 Å². The molecule has 1 fully saturated rings. The lowest BCUT2D eigenvalue weighted by molar-refractivity contribution is -0.137. The first-order valence-electron chi connectivity index (χ1n) is 11.7. The van der Waals surface area contributed by atoms with Crippen molar-refractivity contribution in [2.24, 2.45) is 0 Å². The Morgan fingerprint density at radius 2 is 1.44 bits per heavy atom. The van der Waals surface area contributed by atoms with Crippen LogP contribution in [0.1, 0.15) is 34.2 Å². The van der Waals surface area contributed by atoms with Gasteiger partial charge in [-0.15, -0.1) is 0 Å². The van der Waals surface area contributed by atoms with Gasteiger partial charge < -0.3 is 4.90 Å². The summed E-state index contributed by atoms with van der Waals surface area (Å²) in [6, 6.07) is 23.9. The molecular weight excluding hydrogens is 437 g/mol. The maximum Gasteiger partial charge on any atom is 0.416 e. The molecule has 0 radical (unpaired) electrons. The van der Waals surface area contributed by atoms with Crippen molar-refractivity contribution < 1.29 is 18.0 Å². The van der Waals surface area contributed by atoms with E-state index in [1.54, 1.807) is 6.07 Å². The molecule has 5 rings (SSSR count). The summed E-state index contributed by atoms with van der Waals surface area (Å²) in [5.74, 6) is 0.0988. The van der Waals surface area contributed by atoms with E-state index in [4.69, 9.17) is 0 Å². The fraction of sp³-hybridized carbons (Fsp3) is 0.321. The molecule has 0 N–H and O–H groups in total. The third kappa shape index (κ3) is 4.11. The molecule has 2 aliphatic rings. The van der Waals surface area contributed by atoms with E-state index >= 15 is 0 Å². The molecule has 3 aromatic carbocycles. The van der Waals surface area contributed by atoms with E-state index in [0.29, 0.717) is 32.6 Å². The summed E-state index contributed by atoms with van der Waals surface area (Å²) >= 11 is 0. The lowest BCUT2D eigenvalue weighted by Gasteiger charge is -2.32. The molecule has 2 heterocycles. The van der Waals surface area contributed by atoms with Gasteiger partial charge in [0.1, 0.15) is 5.41 Å². The second-order valence-corrected chi connectivity index (χ2v) is 9.19. The summed E-state index contributed by atoms with van der Waals surface area (Å²) in [5, 5.41) is 0. The minimum Gasteiger partial charge on any atom is -0.340 e. The number of benzene rings is 3. The average molecular weight is 465 g/mol. The average Bonchev–Trinajstić information content (AvgIpc) is 3.19. The Bertz CT molecular complexity index is 1120. The summed E-state index contributed by atoms with van der Waals surface area (Å²) in [5.41, 5.74) is 2.42. The van der Waals surface area contributed by atoms with Crippen molar-refractivity contribution in [3.63, 3.8) is 0 Å². The molecule has 0 atom stereocenters. The number of hydrogen-bond donors (Lipinski definition) is 0. The third-order valence-electron chi connectivity index (χ3n) is 7.25. The van der Waals surface area contributed by atoms with Crippen molar-refractivity contribution in [3.05, 3.63) is 107 Å². The molecule has 6 heteroatoms. The maximum atomic E-state index is 13.8. The van der Waals surface area contributed by atoms with Crippen molar-refractivity contribution >= 4 is 5.91 Å². The van der Waals surface area contributed by atoms with Crippen molar-refractivity contribution in [1.29, 1.82) is 0 Å². The number of carbonyl (C=O) groups is 1. The number of hydrogen-bond acceptors (Lipinski definition) is 2. The Morgan fingerprint density at radius 1 is 0.794 bits per heavy atom. The van der Waals surface area contributed by atoms with Crippen LogP contribution < -0.4 is 0 Å². The summed E-state index contributed by atoms with van der Waals surface area (Å²) < 4.78 is 39.4. The van der Waals surface area contributed by atoms with E-state index < -0.39 is 17.2 Å². The summed E-state index contributed by atoms with van der Waals surface area (Å²) in [6.45, 7) is 3.12. The number of carbonyl (C=O) groups excluding carboxylic acids is 1. The second-order valence-electron chi connectivity index (χ2n) is 9.19. The normalized spacial score (nSPS) is 18.2. The Labute approximate surface area is 197 Å². The van der Waals surface area contributed by atoms with Crippen LogP contribution in [-0.2, 0) is 29.4 Å². The smallest absolute Gasteiger partial charge is 0.340 e. The monoisotopic (exact) mass is 464 g/mol. The van der Waals surface area contributed by atoms with Crippen LogP contribution in [0.15, 0.2) is 78.9 Å². The quantitative estimate of drug-likeness (QED) is 0.513. The zero-order valence-corrected chi connectivity index (χ0v) is 18.9. The van der Waals surface area contributed by atoms with E-state index in [1.165, 1.54) is 12.1 Å². The number of nitrogens with zero attached hydrogens (tertiary/aromatic N) is 2. The molecule has 0 saturated carbocycles. The molecule has 0 bridgehead atoms. The van der Waals surface area contributed by atoms with Crippen molar-refractivity contribution in [3.8, 4) is 0 Å². The van der Waals surface area contributed by atoms with Gasteiger partial charge in [0, 0.05) is 32.7 Å². The van der Waals surface area contributed by atoms with Crippen LogP contribution in [0.25, 0.3) is 0 Å². The fourth-order valence-corrected chi connectivity index (χ4v) is 5.39. The second kappa shape index (κ2) is 8.91. The summed E-state index contributed by atoms with van der Waals surface area (Å²) in [7, 11) is 0. The Kier molecular flexibility index (Phi) is 5.94. The van der Waals surface area contributed by atoms with Gasteiger partial charge in [-0.3, -0.25) is 9.69 Å². The summed E-state index contributed by atoms with van der Waals surface area (Å²) in [6.07, 6.45) is -2.91. The largest absolute Gasteiger partial charge is 0.416 e. The van der Waals surface area contributed by atoms with E-state index in [2.05, 4.69) is 4.90 Å². The van der Waals surface area contributed by atoms with Crippen molar-refractivity contribution in [2.45, 2.75) is 31.0 Å². The molecule has 0 spiro atoms. The van der Waals surface area contributed by atoms with Crippen LogP contribution in [0.4, 0.5) is 13.2 Å². The van der Waals surface area contributed by atoms with Gasteiger partial charge in [-0.25, -0.2) is 0 Å². The third-order valence-corrected chi connectivity index (χ3v) is 7.25. The van der Waals surface area contributed by atoms with Gasteiger partial charge in [0.25, 0.3) is 0 Å². The fourth-order valence-electron chi connectivity index (χ4n) is 5.39. The molecule has 1 amide bonds. The molecule has 3 nitrogen and oxygen atoms in total. The van der Waals surface area contributed by atoms with Crippen LogP contribution in [-0.4, -0.2) is 41.9 Å². The number of alkyl halides is 3. The van der Waals surface area contributed by atoms with Crippen LogP contribution in [0.5, 0.6) is 0 Å². The highest BCUT2D eigenvalue weighted by molar-refractivity contribution is 5.94. The molecule has 34 heavy (non-hydrogen) atoms. The molecule has 2 aliphatic heterocycles. The predicted octanol–water partition coefficient (Wildman–Crippen LogP) is 5.28. The topological polar surface area (TPSA) is 23.6 Å². The van der Waals surface area contributed by atoms with Crippen LogP contribution >= 0.6 is 0 Å². The van der Waals surface area contributed by atoms with Gasteiger partial charge in [0.05, 0.1) is 5.56 Å². The number of amides is 1. The van der Waals surface area contributed by atoms with E-state index in [0.717, 1.165) is 35.2 Å². The number of fused-ring (bicyclic) bond motifs is 1. The number of halogens is 3. The molecule has 0 aromatic heterocycles. The van der Waals surface area contributed by atoms with Gasteiger partial charge in [0.2, 0.25) is 5.91 Å². The van der Waals surface area contributed by atoms with Gasteiger partial charge in [-0.2, -0.15) is 13.2 Å². The van der Waals surface area contributed by atoms with Crippen LogP contribution in [0.3, 0.4) is 0 Å². The molecule has 0 unspecified atom stereocenters. The molecule has 176 valence electrons. The van der Waals surface area contributed by atoms with E-state index in [9.17, 15) is 18.0 Å². The highest BCUT2D eigenvalue weighted by Gasteiger charge is 2.49. The van der Waals surface area contributed by atoms with Crippen LogP contribution in [0.2, 0.25) is 0 Å². The van der Waals surface area contributed by atoms with E-state index in [-0.39, 0.29) is 5.91 Å². The standard InChI is InChI=1S/C28H27F3N2O/c29-28(30,31)25-12-11-21-13-15-32(20-22(21)19-25)17-18-33-16-14-27(26(33)34,23-7-3-1-4-8-23)24-9-5-2-6-10-24/h1-12,19H,13-18,20H2. The lowest BCUT2D eigenvalue weighted by atomic mass is 9.73. The molecule has 3 aromatic rings. The number of likely N-dealkylation sites (tertiary alicyclic amines) is 1. The van der Waals surface area contributed by atoms with Gasteiger partial charge in [-0.1, -0.05) is 66.7 Å². The summed E-state index contributed by atoms with van der Waals surface area (Å²) in [4.78, 5) is 17.9. The lowest BCUT2D eigenvalue weighted by Crippen LogP contribution is -2.42. The van der Waals surface area contributed by atoms with E-state index in [1.807, 2.05) is 65.6 Å². The zero-order valence-electron chi connectivity index (χ0n) is 18.9. The Balaban J connectivity index is 1.32. The molecule has 0 aliphatic carbocycles. The SMILES string of the molecule is O=C1N(CCN2CCc3ccc(C(F)(F)F)cc3C2)CCC1(c1ccccc1)c1ccccc1. The van der Waals surface area contributed by atoms with Crippen molar-refractivity contribution in [2.75, 3.05) is 26.2 Å². The first-order chi connectivity index (χ1) is 16.4. The number of rotatable bonds is 5.